The van der Waals surface area contributed by atoms with Crippen LogP contribution < -0.4 is 0 Å². The molecule has 218 valence electrons. The first-order valence-electron chi connectivity index (χ1n) is 12.8. The van der Waals surface area contributed by atoms with Crippen LogP contribution in [0.1, 0.15) is 43.2 Å². The quantitative estimate of drug-likeness (QED) is 0.145. The summed E-state index contributed by atoms with van der Waals surface area (Å²) in [6.07, 6.45) is 0.247. The van der Waals surface area contributed by atoms with E-state index in [1.54, 1.807) is 0 Å². The number of esters is 2. The van der Waals surface area contributed by atoms with Crippen LogP contribution in [0.15, 0.2) is 48.6 Å². The highest BCUT2D eigenvalue weighted by atomic mass is 16.6. The zero-order valence-electron chi connectivity index (χ0n) is 21.7. The molecule has 2 saturated carbocycles. The molecule has 0 bridgehead atoms. The molecule has 12 heteroatoms. The molecule has 41 heavy (non-hydrogen) atoms. The normalized spacial score (nSPS) is 25.5. The number of carbonyl (C=O) groups excluding carboxylic acids is 2. The molecule has 2 aromatic carbocycles. The van der Waals surface area contributed by atoms with Crippen LogP contribution >= 0.6 is 0 Å². The fourth-order valence-electron chi connectivity index (χ4n) is 5.65. The molecule has 2 aliphatic carbocycles. The van der Waals surface area contributed by atoms with Crippen LogP contribution in [0, 0.1) is 5.41 Å². The number of aromatic hydroxyl groups is 4. The molecule has 0 aromatic heterocycles. The van der Waals surface area contributed by atoms with Crippen LogP contribution in [0.2, 0.25) is 0 Å². The largest absolute Gasteiger partial charge is 0.504 e. The fraction of sp³-hybridized carbons (Fsp3) is 0.345. The van der Waals surface area contributed by atoms with Crippen LogP contribution in [0.4, 0.5) is 0 Å². The van der Waals surface area contributed by atoms with Gasteiger partial charge in [0.2, 0.25) is 0 Å². The average Bonchev–Trinajstić information content (AvgIpc) is 3.42. The molecular formula is C29H30O12. The molecule has 4 rings (SSSR count). The van der Waals surface area contributed by atoms with Crippen molar-refractivity contribution in [2.45, 2.75) is 56.0 Å². The number of benzene rings is 2. The Morgan fingerprint density at radius 2 is 1.27 bits per heavy atom. The van der Waals surface area contributed by atoms with E-state index < -0.39 is 65.2 Å². The summed E-state index contributed by atoms with van der Waals surface area (Å²) < 4.78 is 11.1. The van der Waals surface area contributed by atoms with Crippen molar-refractivity contribution in [1.29, 1.82) is 0 Å². The molecule has 0 saturated heterocycles. The van der Waals surface area contributed by atoms with Gasteiger partial charge in [0.1, 0.15) is 0 Å². The summed E-state index contributed by atoms with van der Waals surface area (Å²) in [7, 11) is 0. The number of carboxylic acid groups (broad SMARTS) is 1. The van der Waals surface area contributed by atoms with E-state index in [2.05, 4.69) is 0 Å². The molecule has 2 aliphatic rings. The first kappa shape index (κ1) is 29.4. The smallest absolute Gasteiger partial charge is 0.336 e. The van der Waals surface area contributed by atoms with Crippen LogP contribution in [-0.4, -0.2) is 77.6 Å². The third-order valence-electron chi connectivity index (χ3n) is 7.72. The number of aliphatic carboxylic acids is 1. The van der Waals surface area contributed by atoms with E-state index in [-0.39, 0.29) is 24.3 Å². The summed E-state index contributed by atoms with van der Waals surface area (Å²) in [5.74, 6) is -5.14. The van der Waals surface area contributed by atoms with Gasteiger partial charge in [-0.25, -0.2) is 14.4 Å². The molecule has 12 nitrogen and oxygen atoms in total. The SMILES string of the molecule is O=C(C=Cc1ccc(O)c(O)c1)O[C@@H]1[C@H](O)C[C@](O)(C(=O)O)C2(CCCC2)[C@H]1OC(=O)C=Cc1ccc(O)c(O)c1. The molecule has 0 unspecified atom stereocenters. The second-order valence-corrected chi connectivity index (χ2v) is 10.2. The molecule has 0 aliphatic heterocycles. The number of phenolic OH excluding ortho intramolecular Hbond substituents is 4. The predicted molar refractivity (Wildman–Crippen MR) is 141 cm³/mol. The predicted octanol–water partition coefficient (Wildman–Crippen LogP) is 2.20. The van der Waals surface area contributed by atoms with E-state index >= 15 is 0 Å². The highest BCUT2D eigenvalue weighted by molar-refractivity contribution is 5.89. The van der Waals surface area contributed by atoms with Crippen molar-refractivity contribution in [3.05, 3.63) is 59.7 Å². The first-order valence-corrected chi connectivity index (χ1v) is 12.8. The van der Waals surface area contributed by atoms with Gasteiger partial charge in [-0.2, -0.15) is 0 Å². The maximum absolute atomic E-state index is 12.9. The highest BCUT2D eigenvalue weighted by Gasteiger charge is 2.69. The zero-order chi connectivity index (χ0) is 29.9. The zero-order valence-corrected chi connectivity index (χ0v) is 21.7. The Labute approximate surface area is 234 Å². The van der Waals surface area contributed by atoms with E-state index in [9.17, 15) is 50.1 Å². The minimum atomic E-state index is -2.48. The number of aliphatic hydroxyl groups excluding tert-OH is 1. The monoisotopic (exact) mass is 570 g/mol. The Morgan fingerprint density at radius 1 is 0.780 bits per heavy atom. The Hall–Kier alpha value is -4.55. The number of aliphatic hydroxyl groups is 2. The van der Waals surface area contributed by atoms with Gasteiger partial charge < -0.3 is 45.2 Å². The number of carbonyl (C=O) groups is 3. The van der Waals surface area contributed by atoms with Crippen molar-refractivity contribution in [2.24, 2.45) is 5.41 Å². The third-order valence-corrected chi connectivity index (χ3v) is 7.72. The number of hydrogen-bond acceptors (Lipinski definition) is 11. The van der Waals surface area contributed by atoms with Crippen LogP contribution in [0.5, 0.6) is 23.0 Å². The molecular weight excluding hydrogens is 540 g/mol. The van der Waals surface area contributed by atoms with Gasteiger partial charge in [-0.05, 0) is 60.4 Å². The van der Waals surface area contributed by atoms with Crippen molar-refractivity contribution < 1.29 is 59.6 Å². The summed E-state index contributed by atoms with van der Waals surface area (Å²) in [6, 6.07) is 7.63. The number of hydrogen-bond donors (Lipinski definition) is 7. The maximum Gasteiger partial charge on any atom is 0.336 e. The Kier molecular flexibility index (Phi) is 8.27. The molecule has 4 atom stereocenters. The summed E-state index contributed by atoms with van der Waals surface area (Å²) in [6.45, 7) is 0. The van der Waals surface area contributed by atoms with E-state index in [1.807, 2.05) is 0 Å². The fourth-order valence-corrected chi connectivity index (χ4v) is 5.65. The molecule has 2 aromatic rings. The molecule has 0 radical (unpaired) electrons. The van der Waals surface area contributed by atoms with Crippen molar-refractivity contribution in [3.63, 3.8) is 0 Å². The lowest BCUT2D eigenvalue weighted by Crippen LogP contribution is -2.70. The maximum atomic E-state index is 12.9. The molecule has 7 N–H and O–H groups in total. The molecule has 0 amide bonds. The lowest BCUT2D eigenvalue weighted by Gasteiger charge is -2.53. The average molecular weight is 571 g/mol. The lowest BCUT2D eigenvalue weighted by molar-refractivity contribution is -0.252. The second-order valence-electron chi connectivity index (χ2n) is 10.2. The highest BCUT2D eigenvalue weighted by Crippen LogP contribution is 2.56. The van der Waals surface area contributed by atoms with Crippen molar-refractivity contribution in [2.75, 3.05) is 0 Å². The summed E-state index contributed by atoms with van der Waals surface area (Å²) in [4.78, 5) is 38.0. The minimum Gasteiger partial charge on any atom is -0.504 e. The van der Waals surface area contributed by atoms with Crippen LogP contribution in [-0.2, 0) is 23.9 Å². The van der Waals surface area contributed by atoms with Crippen LogP contribution in [0.3, 0.4) is 0 Å². The molecule has 1 spiro atoms. The molecule has 0 heterocycles. The second kappa shape index (κ2) is 11.5. The van der Waals surface area contributed by atoms with E-state index in [0.29, 0.717) is 24.0 Å². The van der Waals surface area contributed by atoms with Crippen molar-refractivity contribution in [3.8, 4) is 23.0 Å². The van der Waals surface area contributed by atoms with Gasteiger partial charge in [0.05, 0.1) is 11.5 Å². The van der Waals surface area contributed by atoms with E-state index in [1.165, 1.54) is 48.6 Å². The third kappa shape index (κ3) is 5.83. The Morgan fingerprint density at radius 3 is 1.73 bits per heavy atom. The first-order chi connectivity index (χ1) is 19.4. The topological polar surface area (TPSA) is 211 Å². The Bertz CT molecular complexity index is 1390. The standard InChI is InChI=1S/C29H30O12/c30-18-7-3-16(13-20(18)32)5-9-23(35)40-25-22(34)15-29(39,27(37)38)28(11-1-2-12-28)26(25)41-24(36)10-6-17-4-8-19(31)21(33)14-17/h3-10,13-14,22,25-26,30-34,39H,1-2,11-12,15H2,(H,37,38)/t22-,25-,26+,29+/m1/s1. The summed E-state index contributed by atoms with van der Waals surface area (Å²) >= 11 is 0. The summed E-state index contributed by atoms with van der Waals surface area (Å²) in [5.41, 5.74) is -3.40. The van der Waals surface area contributed by atoms with Gasteiger partial charge in [0.15, 0.2) is 40.8 Å². The van der Waals surface area contributed by atoms with E-state index in [4.69, 9.17) is 9.47 Å². The Balaban J connectivity index is 1.63. The van der Waals surface area contributed by atoms with Gasteiger partial charge in [-0.3, -0.25) is 0 Å². The van der Waals surface area contributed by atoms with Crippen molar-refractivity contribution in [1.82, 2.24) is 0 Å². The van der Waals surface area contributed by atoms with Gasteiger partial charge in [-0.15, -0.1) is 0 Å². The summed E-state index contributed by atoms with van der Waals surface area (Å²) in [5, 5.41) is 70.5. The number of carboxylic acids is 1. The van der Waals surface area contributed by atoms with Crippen molar-refractivity contribution >= 4 is 30.1 Å². The van der Waals surface area contributed by atoms with Gasteiger partial charge in [0.25, 0.3) is 0 Å². The number of ether oxygens (including phenoxy) is 2. The van der Waals surface area contributed by atoms with Gasteiger partial charge in [-0.1, -0.05) is 25.0 Å². The molecule has 2 fully saturated rings. The lowest BCUT2D eigenvalue weighted by atomic mass is 9.58. The van der Waals surface area contributed by atoms with Gasteiger partial charge in [0, 0.05) is 18.6 Å². The minimum absolute atomic E-state index is 0.118. The number of phenols is 4. The van der Waals surface area contributed by atoms with Crippen LogP contribution in [0.25, 0.3) is 12.2 Å². The van der Waals surface area contributed by atoms with Gasteiger partial charge >= 0.3 is 17.9 Å². The number of rotatable bonds is 7. The van der Waals surface area contributed by atoms with E-state index in [0.717, 1.165) is 12.2 Å².